The van der Waals surface area contributed by atoms with E-state index in [0.717, 1.165) is 56.3 Å². The molecule has 0 radical (unpaired) electrons. The highest BCUT2D eigenvalue weighted by molar-refractivity contribution is 5.79. The fourth-order valence-electron chi connectivity index (χ4n) is 3.70. The van der Waals surface area contributed by atoms with Gasteiger partial charge in [0, 0.05) is 32.3 Å². The van der Waals surface area contributed by atoms with Gasteiger partial charge < -0.3 is 15.5 Å². The molecule has 0 atom stereocenters. The maximum absolute atomic E-state index is 4.72. The lowest BCUT2D eigenvalue weighted by atomic mass is 10.2. The molecule has 3 heterocycles. The van der Waals surface area contributed by atoms with E-state index in [0.29, 0.717) is 0 Å². The lowest BCUT2D eigenvalue weighted by Crippen LogP contribution is -2.39. The molecule has 1 aliphatic heterocycles. The summed E-state index contributed by atoms with van der Waals surface area (Å²) in [6.45, 7) is 8.47. The van der Waals surface area contributed by atoms with Gasteiger partial charge in [0.25, 0.3) is 0 Å². The van der Waals surface area contributed by atoms with Crippen LogP contribution in [0.25, 0.3) is 5.65 Å². The molecular weight excluding hydrogens is 350 g/mol. The van der Waals surface area contributed by atoms with E-state index in [4.69, 9.17) is 4.99 Å². The van der Waals surface area contributed by atoms with Gasteiger partial charge in [-0.1, -0.05) is 18.9 Å². The number of aliphatic imine (C=N–C) groups is 1. The third-order valence-corrected chi connectivity index (χ3v) is 5.20. The first-order valence-corrected chi connectivity index (χ1v) is 10.9. The molecule has 0 bridgehead atoms. The average Bonchev–Trinajstić information content (AvgIpc) is 2.94. The molecule has 7 heteroatoms. The molecule has 7 nitrogen and oxygen atoms in total. The molecule has 0 saturated carbocycles. The number of rotatable bonds is 9. The molecule has 0 aliphatic carbocycles. The van der Waals surface area contributed by atoms with E-state index in [9.17, 15) is 0 Å². The first-order chi connectivity index (χ1) is 13.9. The second kappa shape index (κ2) is 11.6. The molecule has 0 amide bonds. The van der Waals surface area contributed by atoms with Gasteiger partial charge in [0.05, 0.1) is 0 Å². The van der Waals surface area contributed by atoms with Gasteiger partial charge in [0.15, 0.2) is 11.6 Å². The average molecular weight is 386 g/mol. The largest absolute Gasteiger partial charge is 0.357 e. The van der Waals surface area contributed by atoms with Crippen LogP contribution in [-0.4, -0.2) is 64.7 Å². The zero-order valence-corrected chi connectivity index (χ0v) is 17.2. The van der Waals surface area contributed by atoms with Gasteiger partial charge in [-0.3, -0.25) is 9.39 Å². The lowest BCUT2D eigenvalue weighted by Gasteiger charge is -2.20. The molecule has 154 valence electrons. The Morgan fingerprint density at radius 1 is 1.07 bits per heavy atom. The fourth-order valence-corrected chi connectivity index (χ4v) is 3.70. The van der Waals surface area contributed by atoms with E-state index in [1.807, 2.05) is 24.4 Å². The summed E-state index contributed by atoms with van der Waals surface area (Å²) in [6, 6.07) is 5.98. The van der Waals surface area contributed by atoms with E-state index in [1.165, 1.54) is 45.3 Å². The van der Waals surface area contributed by atoms with Crippen LogP contribution >= 0.6 is 0 Å². The van der Waals surface area contributed by atoms with Crippen LogP contribution in [0, 0.1) is 0 Å². The number of likely N-dealkylation sites (tertiary alicyclic amines) is 1. The zero-order valence-electron chi connectivity index (χ0n) is 17.2. The zero-order chi connectivity index (χ0) is 19.4. The van der Waals surface area contributed by atoms with Crippen molar-refractivity contribution in [2.75, 3.05) is 39.3 Å². The molecule has 0 aromatic carbocycles. The van der Waals surface area contributed by atoms with Crippen molar-refractivity contribution < 1.29 is 0 Å². The number of hydrogen-bond acceptors (Lipinski definition) is 4. The number of guanidine groups is 1. The van der Waals surface area contributed by atoms with E-state index >= 15 is 0 Å². The molecule has 1 saturated heterocycles. The molecule has 1 aliphatic rings. The van der Waals surface area contributed by atoms with Crippen LogP contribution in [0.5, 0.6) is 0 Å². The minimum Gasteiger partial charge on any atom is -0.357 e. The van der Waals surface area contributed by atoms with Gasteiger partial charge in [-0.15, -0.1) is 10.2 Å². The predicted molar refractivity (Wildman–Crippen MR) is 115 cm³/mol. The summed E-state index contributed by atoms with van der Waals surface area (Å²) in [6.07, 6.45) is 10.5. The fraction of sp³-hybridized carbons (Fsp3) is 0.667. The van der Waals surface area contributed by atoms with Crippen LogP contribution in [0.3, 0.4) is 0 Å². The van der Waals surface area contributed by atoms with Crippen LogP contribution in [-0.2, 0) is 6.42 Å². The summed E-state index contributed by atoms with van der Waals surface area (Å²) >= 11 is 0. The van der Waals surface area contributed by atoms with Crippen molar-refractivity contribution in [3.05, 3.63) is 30.2 Å². The summed E-state index contributed by atoms with van der Waals surface area (Å²) in [5.41, 5.74) is 0.903. The van der Waals surface area contributed by atoms with E-state index in [2.05, 4.69) is 37.1 Å². The highest BCUT2D eigenvalue weighted by Crippen LogP contribution is 2.09. The van der Waals surface area contributed by atoms with Crippen molar-refractivity contribution >= 4 is 11.6 Å². The van der Waals surface area contributed by atoms with E-state index in [-0.39, 0.29) is 0 Å². The van der Waals surface area contributed by atoms with Gasteiger partial charge in [-0.05, 0) is 64.4 Å². The van der Waals surface area contributed by atoms with Crippen LogP contribution in [0.1, 0.15) is 51.3 Å². The van der Waals surface area contributed by atoms with Crippen LogP contribution in [0.2, 0.25) is 0 Å². The molecule has 3 rings (SSSR count). The Kier molecular flexibility index (Phi) is 8.55. The first kappa shape index (κ1) is 20.6. The Morgan fingerprint density at radius 2 is 1.93 bits per heavy atom. The number of aryl methyl sites for hydroxylation is 1. The van der Waals surface area contributed by atoms with Gasteiger partial charge in [0.1, 0.15) is 5.82 Å². The van der Waals surface area contributed by atoms with Gasteiger partial charge in [0.2, 0.25) is 0 Å². The third-order valence-electron chi connectivity index (χ3n) is 5.20. The molecule has 0 spiro atoms. The maximum Gasteiger partial charge on any atom is 0.191 e. The Labute approximate surface area is 168 Å². The number of pyridine rings is 1. The van der Waals surface area contributed by atoms with Crippen molar-refractivity contribution in [1.82, 2.24) is 30.1 Å². The number of nitrogens with one attached hydrogen (secondary N) is 2. The topological polar surface area (TPSA) is 69.8 Å². The van der Waals surface area contributed by atoms with Gasteiger partial charge in [-0.2, -0.15) is 0 Å². The highest BCUT2D eigenvalue weighted by Gasteiger charge is 2.08. The Hall–Kier alpha value is -2.15. The molecule has 2 N–H and O–H groups in total. The SMILES string of the molecule is CCNC(=NCCCc1nnc2ccccn12)NCCCN1CCCCCC1. The summed E-state index contributed by atoms with van der Waals surface area (Å²) in [5, 5.41) is 15.3. The van der Waals surface area contributed by atoms with Crippen LogP contribution < -0.4 is 10.6 Å². The molecule has 2 aromatic heterocycles. The van der Waals surface area contributed by atoms with Crippen molar-refractivity contribution in [3.63, 3.8) is 0 Å². The number of hydrogen-bond donors (Lipinski definition) is 2. The summed E-state index contributed by atoms with van der Waals surface area (Å²) < 4.78 is 2.05. The van der Waals surface area contributed by atoms with Crippen molar-refractivity contribution in [2.24, 2.45) is 4.99 Å². The van der Waals surface area contributed by atoms with E-state index in [1.54, 1.807) is 0 Å². The highest BCUT2D eigenvalue weighted by atomic mass is 15.2. The quantitative estimate of drug-likeness (QED) is 0.394. The van der Waals surface area contributed by atoms with Crippen molar-refractivity contribution in [2.45, 2.75) is 51.9 Å². The Bertz CT molecular complexity index is 716. The molecule has 2 aromatic rings. The number of nitrogens with zero attached hydrogens (tertiary/aromatic N) is 5. The summed E-state index contributed by atoms with van der Waals surface area (Å²) in [7, 11) is 0. The minimum absolute atomic E-state index is 0.781. The second-order valence-corrected chi connectivity index (χ2v) is 7.45. The Morgan fingerprint density at radius 3 is 2.75 bits per heavy atom. The molecular formula is C21H35N7. The number of fused-ring (bicyclic) bond motifs is 1. The maximum atomic E-state index is 4.72. The third kappa shape index (κ3) is 6.48. The first-order valence-electron chi connectivity index (χ1n) is 10.9. The smallest absolute Gasteiger partial charge is 0.191 e. The number of aromatic nitrogens is 3. The van der Waals surface area contributed by atoms with Crippen molar-refractivity contribution in [3.8, 4) is 0 Å². The molecule has 0 unspecified atom stereocenters. The monoisotopic (exact) mass is 385 g/mol. The van der Waals surface area contributed by atoms with Crippen LogP contribution in [0.4, 0.5) is 0 Å². The van der Waals surface area contributed by atoms with Gasteiger partial charge in [-0.25, -0.2) is 0 Å². The standard InChI is InChI=1S/C21H35N7/c1-2-22-21(24-14-10-17-27-15-6-3-4-7-16-27)23-13-9-12-20-26-25-19-11-5-8-18-28(19)20/h5,8,11,18H,2-4,6-7,9-10,12-17H2,1H3,(H2,22,23,24). The minimum atomic E-state index is 0.781. The van der Waals surface area contributed by atoms with Crippen LogP contribution in [0.15, 0.2) is 29.4 Å². The lowest BCUT2D eigenvalue weighted by molar-refractivity contribution is 0.282. The summed E-state index contributed by atoms with van der Waals surface area (Å²) in [5.74, 6) is 1.92. The second-order valence-electron chi connectivity index (χ2n) is 7.45. The predicted octanol–water partition coefficient (Wildman–Crippen LogP) is 2.48. The Balaban J connectivity index is 1.37. The summed E-state index contributed by atoms with van der Waals surface area (Å²) in [4.78, 5) is 7.33. The van der Waals surface area contributed by atoms with E-state index < -0.39 is 0 Å². The van der Waals surface area contributed by atoms with Gasteiger partial charge >= 0.3 is 0 Å². The van der Waals surface area contributed by atoms with Crippen molar-refractivity contribution in [1.29, 1.82) is 0 Å². The molecule has 1 fully saturated rings. The molecule has 28 heavy (non-hydrogen) atoms. The normalized spacial score (nSPS) is 16.2.